The molecule has 4 rings (SSSR count). The third kappa shape index (κ3) is 4.77. The summed E-state index contributed by atoms with van der Waals surface area (Å²) in [7, 11) is 0. The monoisotopic (exact) mass is 406 g/mol. The van der Waals surface area contributed by atoms with Crippen LogP contribution in [0.5, 0.6) is 5.75 Å². The number of pyridine rings is 1. The summed E-state index contributed by atoms with van der Waals surface area (Å²) in [5.74, 6) is 1.09. The fourth-order valence-corrected chi connectivity index (χ4v) is 3.79. The van der Waals surface area contributed by atoms with Gasteiger partial charge in [-0.25, -0.2) is 0 Å². The minimum atomic E-state index is -0.0673. The van der Waals surface area contributed by atoms with E-state index in [2.05, 4.69) is 10.3 Å². The highest BCUT2D eigenvalue weighted by Crippen LogP contribution is 2.49. The van der Waals surface area contributed by atoms with E-state index in [1.807, 2.05) is 67.6 Å². The van der Waals surface area contributed by atoms with Gasteiger partial charge < -0.3 is 10.1 Å². The number of aromatic nitrogens is 1. The fourth-order valence-electron chi connectivity index (χ4n) is 3.51. The van der Waals surface area contributed by atoms with E-state index in [-0.39, 0.29) is 23.8 Å². The minimum Gasteiger partial charge on any atom is -0.489 e. The Hall–Kier alpha value is -2.85. The van der Waals surface area contributed by atoms with Crippen molar-refractivity contribution in [1.82, 2.24) is 10.3 Å². The molecule has 1 aliphatic rings. The molecule has 0 aliphatic heterocycles. The summed E-state index contributed by atoms with van der Waals surface area (Å²) in [5, 5.41) is 3.86. The predicted molar refractivity (Wildman–Crippen MR) is 114 cm³/mol. The molecule has 1 N–H and O–H groups in total. The number of carbonyl (C=O) groups is 1. The van der Waals surface area contributed by atoms with Crippen LogP contribution in [-0.4, -0.2) is 10.9 Å². The molecule has 1 saturated carbocycles. The van der Waals surface area contributed by atoms with Gasteiger partial charge in [-0.3, -0.25) is 9.78 Å². The van der Waals surface area contributed by atoms with Crippen LogP contribution < -0.4 is 10.1 Å². The van der Waals surface area contributed by atoms with E-state index in [0.29, 0.717) is 6.61 Å². The molecule has 1 aromatic heterocycles. The Labute approximate surface area is 175 Å². The Balaban J connectivity index is 1.30. The quantitative estimate of drug-likeness (QED) is 0.579. The smallest absolute Gasteiger partial charge is 0.224 e. The summed E-state index contributed by atoms with van der Waals surface area (Å²) in [5.41, 5.74) is 3.13. The lowest BCUT2D eigenvalue weighted by Gasteiger charge is -2.15. The van der Waals surface area contributed by atoms with Gasteiger partial charge in [0.15, 0.2) is 0 Å². The van der Waals surface area contributed by atoms with E-state index in [9.17, 15) is 4.79 Å². The van der Waals surface area contributed by atoms with Crippen LogP contribution in [0.3, 0.4) is 0 Å². The second kappa shape index (κ2) is 8.66. The number of nitrogens with one attached hydrogen (secondary N) is 1. The normalized spacial score (nSPS) is 18.7. The largest absolute Gasteiger partial charge is 0.489 e. The lowest BCUT2D eigenvalue weighted by atomic mass is 10.1. The molecule has 2 aromatic carbocycles. The molecule has 5 heteroatoms. The molecule has 1 aliphatic carbocycles. The van der Waals surface area contributed by atoms with E-state index in [4.69, 9.17) is 16.3 Å². The summed E-state index contributed by atoms with van der Waals surface area (Å²) in [6, 6.07) is 19.4. The first kappa shape index (κ1) is 19.5. The second-order valence-corrected chi connectivity index (χ2v) is 7.83. The third-order valence-electron chi connectivity index (χ3n) is 5.30. The van der Waals surface area contributed by atoms with Crippen LogP contribution in [0.15, 0.2) is 73.1 Å². The molecule has 1 amide bonds. The lowest BCUT2D eigenvalue weighted by Crippen LogP contribution is -2.28. The van der Waals surface area contributed by atoms with Crippen LogP contribution in [-0.2, 0) is 11.4 Å². The molecule has 4 nitrogen and oxygen atoms in total. The summed E-state index contributed by atoms with van der Waals surface area (Å²) in [4.78, 5) is 16.7. The third-order valence-corrected chi connectivity index (χ3v) is 5.64. The first-order valence-corrected chi connectivity index (χ1v) is 10.2. The van der Waals surface area contributed by atoms with E-state index in [0.717, 1.165) is 33.9 Å². The standard InChI is InChI=1S/C24H23ClN2O2/c1-16(27-24(28)22-13-21(22)20-6-2-3-7-23(20)25)18-8-10-19(11-9-18)29-15-17-5-4-12-26-14-17/h2-12,14,16,21-22H,13,15H2,1H3,(H,27,28). The van der Waals surface area contributed by atoms with Gasteiger partial charge in [0.2, 0.25) is 5.91 Å². The molecule has 1 heterocycles. The number of ether oxygens (including phenoxy) is 1. The van der Waals surface area contributed by atoms with Crippen molar-refractivity contribution in [2.75, 3.05) is 0 Å². The molecule has 0 saturated heterocycles. The number of halogens is 1. The van der Waals surface area contributed by atoms with Gasteiger partial charge in [0.25, 0.3) is 0 Å². The van der Waals surface area contributed by atoms with Crippen molar-refractivity contribution in [1.29, 1.82) is 0 Å². The predicted octanol–water partition coefficient (Wildman–Crippen LogP) is 5.29. The number of benzene rings is 2. The van der Waals surface area contributed by atoms with Crippen LogP contribution >= 0.6 is 11.6 Å². The maximum Gasteiger partial charge on any atom is 0.224 e. The summed E-state index contributed by atoms with van der Waals surface area (Å²) < 4.78 is 5.79. The zero-order chi connectivity index (χ0) is 20.2. The molecule has 1 fully saturated rings. The van der Waals surface area contributed by atoms with Crippen LogP contribution in [0.25, 0.3) is 0 Å². The van der Waals surface area contributed by atoms with Crippen LogP contribution in [0.4, 0.5) is 0 Å². The Morgan fingerprint density at radius 2 is 1.97 bits per heavy atom. The van der Waals surface area contributed by atoms with E-state index < -0.39 is 0 Å². The van der Waals surface area contributed by atoms with E-state index in [1.54, 1.807) is 12.4 Å². The number of nitrogens with zero attached hydrogens (tertiary/aromatic N) is 1. The molecule has 0 bridgehead atoms. The van der Waals surface area contributed by atoms with Crippen molar-refractivity contribution < 1.29 is 9.53 Å². The van der Waals surface area contributed by atoms with Gasteiger partial charge in [-0.05, 0) is 54.7 Å². The molecular formula is C24H23ClN2O2. The number of rotatable bonds is 7. The number of hydrogen-bond acceptors (Lipinski definition) is 3. The molecule has 0 radical (unpaired) electrons. The van der Waals surface area contributed by atoms with Gasteiger partial charge in [-0.15, -0.1) is 0 Å². The lowest BCUT2D eigenvalue weighted by molar-refractivity contribution is -0.123. The van der Waals surface area contributed by atoms with Crippen molar-refractivity contribution >= 4 is 17.5 Å². The summed E-state index contributed by atoms with van der Waals surface area (Å²) in [6.07, 6.45) is 4.38. The second-order valence-electron chi connectivity index (χ2n) is 7.42. The van der Waals surface area contributed by atoms with Crippen molar-refractivity contribution in [3.05, 3.63) is 94.8 Å². The highest BCUT2D eigenvalue weighted by atomic mass is 35.5. The summed E-state index contributed by atoms with van der Waals surface area (Å²) >= 11 is 6.26. The topological polar surface area (TPSA) is 51.2 Å². The maximum absolute atomic E-state index is 12.6. The van der Waals surface area contributed by atoms with Gasteiger partial charge in [0, 0.05) is 28.9 Å². The first-order valence-electron chi connectivity index (χ1n) is 9.78. The van der Waals surface area contributed by atoms with Crippen LogP contribution in [0.2, 0.25) is 5.02 Å². The zero-order valence-corrected chi connectivity index (χ0v) is 17.0. The summed E-state index contributed by atoms with van der Waals surface area (Å²) in [6.45, 7) is 2.47. The van der Waals surface area contributed by atoms with Gasteiger partial charge in [-0.2, -0.15) is 0 Å². The van der Waals surface area contributed by atoms with Crippen LogP contribution in [0, 0.1) is 5.92 Å². The molecule has 29 heavy (non-hydrogen) atoms. The Morgan fingerprint density at radius 1 is 1.17 bits per heavy atom. The zero-order valence-electron chi connectivity index (χ0n) is 16.2. The molecule has 3 atom stereocenters. The average molecular weight is 407 g/mol. The highest BCUT2D eigenvalue weighted by Gasteiger charge is 2.45. The Kier molecular flexibility index (Phi) is 5.81. The van der Waals surface area contributed by atoms with E-state index >= 15 is 0 Å². The minimum absolute atomic E-state index is 0.000520. The highest BCUT2D eigenvalue weighted by molar-refractivity contribution is 6.31. The van der Waals surface area contributed by atoms with Gasteiger partial charge in [0.05, 0.1) is 6.04 Å². The number of carbonyl (C=O) groups excluding carboxylic acids is 1. The molecule has 0 spiro atoms. The average Bonchev–Trinajstić information content (AvgIpc) is 3.54. The number of amides is 1. The van der Waals surface area contributed by atoms with Crippen molar-refractivity contribution in [3.8, 4) is 5.75 Å². The van der Waals surface area contributed by atoms with Crippen LogP contribution in [0.1, 0.15) is 42.0 Å². The molecular weight excluding hydrogens is 384 g/mol. The number of hydrogen-bond donors (Lipinski definition) is 1. The van der Waals surface area contributed by atoms with Gasteiger partial charge in [0.1, 0.15) is 12.4 Å². The maximum atomic E-state index is 12.6. The molecule has 3 unspecified atom stereocenters. The molecule has 148 valence electrons. The van der Waals surface area contributed by atoms with Gasteiger partial charge >= 0.3 is 0 Å². The van der Waals surface area contributed by atoms with Crippen molar-refractivity contribution in [3.63, 3.8) is 0 Å². The van der Waals surface area contributed by atoms with Crippen molar-refractivity contribution in [2.45, 2.75) is 31.9 Å². The first-order chi connectivity index (χ1) is 14.1. The fraction of sp³-hybridized carbons (Fsp3) is 0.250. The Bertz CT molecular complexity index is 976. The Morgan fingerprint density at radius 3 is 2.69 bits per heavy atom. The van der Waals surface area contributed by atoms with Gasteiger partial charge in [-0.1, -0.05) is 48.0 Å². The molecule has 3 aromatic rings. The SMILES string of the molecule is CC(NC(=O)C1CC1c1ccccc1Cl)c1ccc(OCc2cccnc2)cc1. The van der Waals surface area contributed by atoms with E-state index in [1.165, 1.54) is 0 Å². The van der Waals surface area contributed by atoms with Crippen molar-refractivity contribution in [2.24, 2.45) is 5.92 Å².